The summed E-state index contributed by atoms with van der Waals surface area (Å²) in [4.78, 5) is 41.1. The van der Waals surface area contributed by atoms with E-state index in [4.69, 9.17) is 4.74 Å². The van der Waals surface area contributed by atoms with E-state index < -0.39 is 22.5 Å². The van der Waals surface area contributed by atoms with Gasteiger partial charge in [0.25, 0.3) is 0 Å². The Morgan fingerprint density at radius 1 is 1.32 bits per heavy atom. The number of fused-ring (bicyclic) bond motifs is 3. The highest BCUT2D eigenvalue weighted by Gasteiger charge is 2.56. The molecule has 2 fully saturated rings. The lowest BCUT2D eigenvalue weighted by atomic mass is 9.67. The molecule has 168 valence electrons. The normalized spacial score (nSPS) is 28.5. The number of likely N-dealkylation sites (N-methyl/N-ethyl adjacent to an activating group) is 1. The van der Waals surface area contributed by atoms with Gasteiger partial charge in [-0.1, -0.05) is 13.0 Å². The van der Waals surface area contributed by atoms with Gasteiger partial charge in [0, 0.05) is 62.6 Å². The van der Waals surface area contributed by atoms with Gasteiger partial charge in [0.05, 0.1) is 4.92 Å². The van der Waals surface area contributed by atoms with Gasteiger partial charge < -0.3 is 19.9 Å². The van der Waals surface area contributed by atoms with Crippen molar-refractivity contribution in [3.05, 3.63) is 33.4 Å². The van der Waals surface area contributed by atoms with Gasteiger partial charge in [0.1, 0.15) is 12.1 Å². The second kappa shape index (κ2) is 8.20. The molecule has 0 spiro atoms. The van der Waals surface area contributed by atoms with E-state index in [-0.39, 0.29) is 23.1 Å². The van der Waals surface area contributed by atoms with Gasteiger partial charge in [-0.15, -0.1) is 0 Å². The van der Waals surface area contributed by atoms with E-state index in [0.29, 0.717) is 25.8 Å². The fraction of sp³-hybridized carbons (Fsp3) is 0.636. The molecule has 0 radical (unpaired) electrons. The van der Waals surface area contributed by atoms with E-state index >= 15 is 0 Å². The number of ketones is 1. The maximum Gasteiger partial charge on any atom is 0.311 e. The van der Waals surface area contributed by atoms with Gasteiger partial charge in [-0.3, -0.25) is 19.7 Å². The number of hydrogen-bond donors (Lipinski definition) is 1. The summed E-state index contributed by atoms with van der Waals surface area (Å²) in [6, 6.07) is 2.60. The summed E-state index contributed by atoms with van der Waals surface area (Å²) < 4.78 is 6.06. The largest absolute Gasteiger partial charge is 0.480 e. The molecule has 1 aliphatic carbocycles. The number of carbonyl (C=O) groups is 2. The van der Waals surface area contributed by atoms with Crippen LogP contribution in [-0.2, 0) is 15.0 Å². The first kappa shape index (κ1) is 21.7. The van der Waals surface area contributed by atoms with E-state index in [2.05, 4.69) is 22.2 Å². The molecule has 0 unspecified atom stereocenters. The molecule has 1 amide bonds. The summed E-state index contributed by atoms with van der Waals surface area (Å²) in [5.41, 5.74) is 0.891. The van der Waals surface area contributed by atoms with Crippen LogP contribution in [0.5, 0.6) is 5.75 Å². The molecule has 0 bridgehead atoms. The maximum atomic E-state index is 12.7. The van der Waals surface area contributed by atoms with Gasteiger partial charge in [-0.25, -0.2) is 0 Å². The van der Waals surface area contributed by atoms with Crippen LogP contribution in [-0.4, -0.2) is 78.3 Å². The number of aryl methyl sites for hydroxylation is 1. The van der Waals surface area contributed by atoms with Gasteiger partial charge in [0.15, 0.2) is 5.78 Å². The molecule has 0 aromatic heterocycles. The number of nitro benzene ring substituents is 1. The molecule has 3 atom stereocenters. The number of nitrogens with one attached hydrogen (secondary N) is 1. The Kier molecular flexibility index (Phi) is 5.74. The zero-order chi connectivity index (χ0) is 22.3. The Morgan fingerprint density at radius 2 is 2.03 bits per heavy atom. The highest BCUT2D eigenvalue weighted by Crippen LogP contribution is 2.53. The van der Waals surface area contributed by atoms with Crippen molar-refractivity contribution >= 4 is 17.4 Å². The van der Waals surface area contributed by atoms with Gasteiger partial charge >= 0.3 is 5.69 Å². The van der Waals surface area contributed by atoms with Crippen molar-refractivity contribution < 1.29 is 19.2 Å². The maximum absolute atomic E-state index is 12.7. The molecule has 3 aliphatic rings. The number of Topliss-reactive ketones (excluding diaryl/α,β-unsaturated/α-hetero) is 1. The van der Waals surface area contributed by atoms with Gasteiger partial charge in [-0.05, 0) is 26.0 Å². The first-order valence-corrected chi connectivity index (χ1v) is 10.9. The minimum Gasteiger partial charge on any atom is -0.480 e. The van der Waals surface area contributed by atoms with Crippen LogP contribution in [0.2, 0.25) is 0 Å². The molecule has 4 rings (SSSR count). The topological polar surface area (TPSA) is 105 Å². The molecule has 9 heteroatoms. The van der Waals surface area contributed by atoms with Crippen LogP contribution in [0.25, 0.3) is 0 Å². The Hall–Kier alpha value is -2.52. The first-order valence-electron chi connectivity index (χ1n) is 10.9. The van der Waals surface area contributed by atoms with Crippen molar-refractivity contribution in [2.75, 3.05) is 39.8 Å². The fourth-order valence-electron chi connectivity index (χ4n) is 5.00. The third-order valence-electron chi connectivity index (χ3n) is 7.01. The molecule has 1 aromatic carbocycles. The number of rotatable bonds is 5. The third-order valence-corrected chi connectivity index (χ3v) is 7.01. The molecular weight excluding hydrogens is 400 g/mol. The van der Waals surface area contributed by atoms with E-state index in [1.54, 1.807) is 0 Å². The molecule has 2 aliphatic heterocycles. The van der Waals surface area contributed by atoms with E-state index in [9.17, 15) is 19.7 Å². The van der Waals surface area contributed by atoms with Crippen LogP contribution in [0, 0.1) is 17.0 Å². The number of nitro groups is 1. The Morgan fingerprint density at radius 3 is 2.71 bits per heavy atom. The average molecular weight is 431 g/mol. The van der Waals surface area contributed by atoms with Crippen molar-refractivity contribution in [2.45, 2.75) is 50.7 Å². The van der Waals surface area contributed by atoms with Crippen LogP contribution >= 0.6 is 0 Å². The quantitative estimate of drug-likeness (QED) is 0.556. The SMILES string of the molecule is Cc1cc([N+](=O)[O-])c2c(c1)[C@]1(C)CCC(=O)[C@H](NC(=O)CCN3CCN(C)CC3)[C@@H]1O2. The molecule has 31 heavy (non-hydrogen) atoms. The Bertz CT molecular complexity index is 911. The lowest BCUT2D eigenvalue weighted by molar-refractivity contribution is -0.385. The minimum atomic E-state index is -0.800. The van der Waals surface area contributed by atoms with Crippen LogP contribution in [0.1, 0.15) is 37.3 Å². The molecule has 2 heterocycles. The monoisotopic (exact) mass is 430 g/mol. The number of piperazine rings is 1. The molecular formula is C22H30N4O5. The molecule has 1 N–H and O–H groups in total. The molecule has 1 saturated carbocycles. The second-order valence-corrected chi connectivity index (χ2v) is 9.28. The molecule has 1 saturated heterocycles. The second-order valence-electron chi connectivity index (χ2n) is 9.28. The zero-order valence-corrected chi connectivity index (χ0v) is 18.3. The minimum absolute atomic E-state index is 0.0809. The lowest BCUT2D eigenvalue weighted by Gasteiger charge is -2.39. The predicted molar refractivity (Wildman–Crippen MR) is 114 cm³/mol. The first-order chi connectivity index (χ1) is 14.7. The summed E-state index contributed by atoms with van der Waals surface area (Å²) in [5.74, 6) is -0.0381. The smallest absolute Gasteiger partial charge is 0.311 e. The standard InChI is InChI=1S/C22H30N4O5/c1-14-12-15-20(16(13-14)26(29)30)31-21-19(17(27)4-6-22(15,21)2)23-18(28)5-7-25-10-8-24(3)9-11-25/h12-13,19,21H,4-11H2,1-3H3,(H,23,28)/t19-,21-,22-/m0/s1. The summed E-state index contributed by atoms with van der Waals surface area (Å²) >= 11 is 0. The number of carbonyl (C=O) groups excluding carboxylic acids is 2. The zero-order valence-electron chi connectivity index (χ0n) is 18.3. The summed E-state index contributed by atoms with van der Waals surface area (Å²) in [7, 11) is 2.08. The van der Waals surface area contributed by atoms with Crippen molar-refractivity contribution in [3.63, 3.8) is 0 Å². The number of nitrogens with zero attached hydrogens (tertiary/aromatic N) is 3. The van der Waals surface area contributed by atoms with Crippen molar-refractivity contribution in [1.29, 1.82) is 0 Å². The number of amides is 1. The van der Waals surface area contributed by atoms with E-state index in [1.807, 2.05) is 19.9 Å². The predicted octanol–water partition coefficient (Wildman–Crippen LogP) is 1.41. The van der Waals surface area contributed by atoms with Crippen molar-refractivity contribution in [3.8, 4) is 5.75 Å². The van der Waals surface area contributed by atoms with Crippen LogP contribution in [0.15, 0.2) is 12.1 Å². The number of hydrogen-bond acceptors (Lipinski definition) is 7. The van der Waals surface area contributed by atoms with Crippen LogP contribution < -0.4 is 10.1 Å². The molecule has 1 aromatic rings. The van der Waals surface area contributed by atoms with Crippen molar-refractivity contribution in [1.82, 2.24) is 15.1 Å². The van der Waals surface area contributed by atoms with Crippen LogP contribution in [0.3, 0.4) is 0 Å². The van der Waals surface area contributed by atoms with Crippen molar-refractivity contribution in [2.24, 2.45) is 0 Å². The molecule has 9 nitrogen and oxygen atoms in total. The fourth-order valence-corrected chi connectivity index (χ4v) is 5.00. The third kappa shape index (κ3) is 4.04. The van der Waals surface area contributed by atoms with Gasteiger partial charge in [0.2, 0.25) is 11.7 Å². The Balaban J connectivity index is 1.49. The highest BCUT2D eigenvalue weighted by molar-refractivity contribution is 5.91. The summed E-state index contributed by atoms with van der Waals surface area (Å²) in [5, 5.41) is 14.5. The number of benzene rings is 1. The average Bonchev–Trinajstić information content (AvgIpc) is 3.02. The van der Waals surface area contributed by atoms with E-state index in [0.717, 1.165) is 37.3 Å². The summed E-state index contributed by atoms with van der Waals surface area (Å²) in [6.45, 7) is 8.25. The van der Waals surface area contributed by atoms with Gasteiger partial charge in [-0.2, -0.15) is 0 Å². The van der Waals surface area contributed by atoms with E-state index in [1.165, 1.54) is 6.07 Å². The summed E-state index contributed by atoms with van der Waals surface area (Å²) in [6.07, 6.45) is 0.513. The van der Waals surface area contributed by atoms with Crippen LogP contribution in [0.4, 0.5) is 5.69 Å². The highest BCUT2D eigenvalue weighted by atomic mass is 16.6. The lowest BCUT2D eigenvalue weighted by Crippen LogP contribution is -2.59. The Labute approximate surface area is 181 Å². The number of ether oxygens (including phenoxy) is 1.